The van der Waals surface area contributed by atoms with E-state index in [4.69, 9.17) is 0 Å². The van der Waals surface area contributed by atoms with Gasteiger partial charge in [-0.25, -0.2) is 4.79 Å². The Bertz CT molecular complexity index is 678. The van der Waals surface area contributed by atoms with Crippen molar-refractivity contribution in [2.24, 2.45) is 0 Å². The summed E-state index contributed by atoms with van der Waals surface area (Å²) in [6.45, 7) is 0. The number of rotatable bonds is 2. The van der Waals surface area contributed by atoms with Gasteiger partial charge in [-0.05, 0) is 6.07 Å². The molecule has 0 bridgehead atoms. The molecule has 0 atom stereocenters. The number of alkyl halides is 3. The number of hydrogen-bond acceptors (Lipinski definition) is 4. The number of fused-ring (bicyclic) bond motifs is 1. The lowest BCUT2D eigenvalue weighted by Crippen LogP contribution is -2.30. The Balaban J connectivity index is 2.54. The molecule has 2 rings (SSSR count). The molecular formula is C12H8F3NO3S. The summed E-state index contributed by atoms with van der Waals surface area (Å²) in [7, 11) is 1.11. The molecule has 1 amide bonds. The van der Waals surface area contributed by atoms with E-state index in [0.717, 1.165) is 18.4 Å². The van der Waals surface area contributed by atoms with Crippen LogP contribution in [0.4, 0.5) is 18.9 Å². The Morgan fingerprint density at radius 3 is 2.50 bits per heavy atom. The van der Waals surface area contributed by atoms with Crippen molar-refractivity contribution in [2.45, 2.75) is 6.18 Å². The molecular weight excluding hydrogens is 295 g/mol. The van der Waals surface area contributed by atoms with Crippen LogP contribution in [0.15, 0.2) is 24.3 Å². The van der Waals surface area contributed by atoms with Crippen molar-refractivity contribution < 1.29 is 27.5 Å². The summed E-state index contributed by atoms with van der Waals surface area (Å²) in [5, 5.41) is 2.09. The van der Waals surface area contributed by atoms with Crippen LogP contribution in [0.3, 0.4) is 0 Å². The number of hydrogen-bond donors (Lipinski definition) is 1. The number of benzene rings is 1. The molecule has 0 saturated carbocycles. The van der Waals surface area contributed by atoms with Crippen LogP contribution in [-0.4, -0.2) is 25.2 Å². The van der Waals surface area contributed by atoms with Gasteiger partial charge in [0, 0.05) is 10.1 Å². The minimum absolute atomic E-state index is 0.0775. The van der Waals surface area contributed by atoms with Crippen LogP contribution in [0.1, 0.15) is 9.67 Å². The fourth-order valence-corrected chi connectivity index (χ4v) is 2.67. The first-order valence-corrected chi connectivity index (χ1v) is 6.14. The van der Waals surface area contributed by atoms with E-state index in [1.165, 1.54) is 6.07 Å². The maximum atomic E-state index is 12.3. The molecule has 0 aliphatic heterocycles. The lowest BCUT2D eigenvalue weighted by molar-refractivity contribution is -0.167. The molecule has 106 valence electrons. The lowest BCUT2D eigenvalue weighted by atomic mass is 10.2. The molecule has 1 heterocycles. The molecule has 0 aliphatic rings. The zero-order valence-electron chi connectivity index (χ0n) is 10.1. The van der Waals surface area contributed by atoms with Gasteiger partial charge >= 0.3 is 18.1 Å². The first kappa shape index (κ1) is 14.3. The Hall–Kier alpha value is -2.09. The summed E-state index contributed by atoms with van der Waals surface area (Å²) < 4.78 is 42.1. The number of amides is 1. The number of nitrogens with one attached hydrogen (secondary N) is 1. The number of methoxy groups -OCH3 is 1. The molecule has 0 aliphatic carbocycles. The number of esters is 1. The zero-order chi connectivity index (χ0) is 14.9. The van der Waals surface area contributed by atoms with E-state index in [0.29, 0.717) is 10.1 Å². The topological polar surface area (TPSA) is 55.4 Å². The number of carbonyl (C=O) groups excluding carboxylic acids is 2. The van der Waals surface area contributed by atoms with Gasteiger partial charge in [-0.15, -0.1) is 11.3 Å². The standard InChI is InChI=1S/C12H8F3NO3S/c1-19-10(17)9-8(16-11(18)12(13,14)15)6-4-2-3-5-7(6)20-9/h2-5H,1H3,(H,16,18). The second-order valence-electron chi connectivity index (χ2n) is 3.75. The smallest absolute Gasteiger partial charge is 0.465 e. The first-order chi connectivity index (χ1) is 9.34. The normalized spacial score (nSPS) is 11.4. The van der Waals surface area contributed by atoms with Crippen LogP contribution in [-0.2, 0) is 9.53 Å². The highest BCUT2D eigenvalue weighted by atomic mass is 32.1. The number of halogens is 3. The summed E-state index contributed by atoms with van der Waals surface area (Å²) in [4.78, 5) is 22.6. The molecule has 0 fully saturated rings. The summed E-state index contributed by atoms with van der Waals surface area (Å²) >= 11 is 0.953. The Kier molecular flexibility index (Phi) is 3.67. The number of anilines is 1. The van der Waals surface area contributed by atoms with Gasteiger partial charge in [0.15, 0.2) is 0 Å². The maximum absolute atomic E-state index is 12.3. The van der Waals surface area contributed by atoms with E-state index in [-0.39, 0.29) is 10.6 Å². The molecule has 1 aromatic heterocycles. The summed E-state index contributed by atoms with van der Waals surface area (Å²) in [5.74, 6) is -2.94. The molecule has 4 nitrogen and oxygen atoms in total. The summed E-state index contributed by atoms with van der Waals surface area (Å²) in [5.41, 5.74) is -0.181. The molecule has 8 heteroatoms. The molecule has 0 spiro atoms. The van der Waals surface area contributed by atoms with E-state index < -0.39 is 18.1 Å². The third-order valence-corrected chi connectivity index (χ3v) is 3.61. The third-order valence-electron chi connectivity index (χ3n) is 2.46. The van der Waals surface area contributed by atoms with E-state index in [1.54, 1.807) is 23.5 Å². The van der Waals surface area contributed by atoms with Gasteiger partial charge in [0.2, 0.25) is 0 Å². The van der Waals surface area contributed by atoms with Crippen LogP contribution in [0, 0.1) is 0 Å². The molecule has 20 heavy (non-hydrogen) atoms. The minimum atomic E-state index is -5.03. The molecule has 0 unspecified atom stereocenters. The zero-order valence-corrected chi connectivity index (χ0v) is 10.9. The van der Waals surface area contributed by atoms with Gasteiger partial charge in [-0.1, -0.05) is 18.2 Å². The van der Waals surface area contributed by atoms with Gasteiger partial charge in [0.1, 0.15) is 4.88 Å². The van der Waals surface area contributed by atoms with Gasteiger partial charge in [0.05, 0.1) is 12.8 Å². The highest BCUT2D eigenvalue weighted by Gasteiger charge is 2.39. The predicted octanol–water partition coefficient (Wildman–Crippen LogP) is 3.19. The Morgan fingerprint density at radius 1 is 1.25 bits per heavy atom. The monoisotopic (exact) mass is 303 g/mol. The lowest BCUT2D eigenvalue weighted by Gasteiger charge is -2.08. The van der Waals surface area contributed by atoms with Crippen molar-refractivity contribution in [1.29, 1.82) is 0 Å². The van der Waals surface area contributed by atoms with Crippen LogP contribution >= 0.6 is 11.3 Å². The first-order valence-electron chi connectivity index (χ1n) is 5.32. The van der Waals surface area contributed by atoms with Crippen molar-refractivity contribution in [3.05, 3.63) is 29.1 Å². The third kappa shape index (κ3) is 2.60. The van der Waals surface area contributed by atoms with E-state index in [1.807, 2.05) is 0 Å². The number of ether oxygens (including phenoxy) is 1. The van der Waals surface area contributed by atoms with Gasteiger partial charge in [0.25, 0.3) is 0 Å². The highest BCUT2D eigenvalue weighted by molar-refractivity contribution is 7.21. The maximum Gasteiger partial charge on any atom is 0.471 e. The second kappa shape index (κ2) is 5.12. The van der Waals surface area contributed by atoms with E-state index in [2.05, 4.69) is 4.74 Å². The Labute approximate surface area is 115 Å². The van der Waals surface area contributed by atoms with Crippen molar-refractivity contribution in [3.8, 4) is 0 Å². The number of carbonyl (C=O) groups is 2. The Morgan fingerprint density at radius 2 is 1.90 bits per heavy atom. The SMILES string of the molecule is COC(=O)c1sc2ccccc2c1NC(=O)C(F)(F)F. The van der Waals surface area contributed by atoms with Crippen molar-refractivity contribution in [2.75, 3.05) is 12.4 Å². The minimum Gasteiger partial charge on any atom is -0.465 e. The van der Waals surface area contributed by atoms with Crippen LogP contribution in [0.5, 0.6) is 0 Å². The highest BCUT2D eigenvalue weighted by Crippen LogP contribution is 2.36. The molecule has 0 saturated heterocycles. The average molecular weight is 303 g/mol. The van der Waals surface area contributed by atoms with Crippen LogP contribution < -0.4 is 5.32 Å². The van der Waals surface area contributed by atoms with Crippen molar-refractivity contribution in [1.82, 2.24) is 0 Å². The number of thiophene rings is 1. The average Bonchev–Trinajstić information content (AvgIpc) is 2.76. The van der Waals surface area contributed by atoms with Gasteiger partial charge in [-0.2, -0.15) is 13.2 Å². The van der Waals surface area contributed by atoms with Crippen molar-refractivity contribution in [3.63, 3.8) is 0 Å². The second-order valence-corrected chi connectivity index (χ2v) is 4.80. The fraction of sp³-hybridized carbons (Fsp3) is 0.167. The van der Waals surface area contributed by atoms with Gasteiger partial charge in [-0.3, -0.25) is 4.79 Å². The van der Waals surface area contributed by atoms with Crippen LogP contribution in [0.2, 0.25) is 0 Å². The largest absolute Gasteiger partial charge is 0.471 e. The predicted molar refractivity (Wildman–Crippen MR) is 67.8 cm³/mol. The summed E-state index contributed by atoms with van der Waals surface area (Å²) in [6.07, 6.45) is -5.03. The molecule has 1 aromatic carbocycles. The van der Waals surface area contributed by atoms with Crippen molar-refractivity contribution >= 4 is 39.0 Å². The molecule has 1 N–H and O–H groups in total. The van der Waals surface area contributed by atoms with E-state index >= 15 is 0 Å². The quantitative estimate of drug-likeness (QED) is 0.867. The molecule has 0 radical (unpaired) electrons. The van der Waals surface area contributed by atoms with E-state index in [9.17, 15) is 22.8 Å². The molecule has 2 aromatic rings. The fourth-order valence-electron chi connectivity index (χ4n) is 1.59. The van der Waals surface area contributed by atoms with Crippen LogP contribution in [0.25, 0.3) is 10.1 Å². The summed E-state index contributed by atoms with van der Waals surface area (Å²) in [6, 6.07) is 6.43. The van der Waals surface area contributed by atoms with Gasteiger partial charge < -0.3 is 10.1 Å².